The number of carboxylic acids is 1. The van der Waals surface area contributed by atoms with Crippen molar-refractivity contribution in [3.63, 3.8) is 0 Å². The molecule has 1 aliphatic rings. The van der Waals surface area contributed by atoms with Crippen LogP contribution in [0.2, 0.25) is 0 Å². The zero-order valence-corrected chi connectivity index (χ0v) is 18.3. The number of rotatable bonds is 8. The SMILES string of the molecule is CC(CC(=O)O)CN1CCc2nc(-c3ccc(CCc4ccccc4)cc3F)ncc2C1. The molecule has 4 rings (SSSR count). The summed E-state index contributed by atoms with van der Waals surface area (Å²) >= 11 is 0. The Labute approximate surface area is 188 Å². The van der Waals surface area contributed by atoms with Crippen LogP contribution in [0, 0.1) is 11.7 Å². The van der Waals surface area contributed by atoms with Crippen molar-refractivity contribution in [3.8, 4) is 11.4 Å². The molecule has 0 saturated heterocycles. The number of carboxylic acid groups (broad SMARTS) is 1. The van der Waals surface area contributed by atoms with Gasteiger partial charge < -0.3 is 5.11 Å². The van der Waals surface area contributed by atoms with Crippen molar-refractivity contribution in [2.24, 2.45) is 5.92 Å². The van der Waals surface area contributed by atoms with Crippen LogP contribution in [-0.2, 0) is 30.6 Å². The number of hydrogen-bond acceptors (Lipinski definition) is 4. The van der Waals surface area contributed by atoms with Gasteiger partial charge in [0.05, 0.1) is 11.3 Å². The average molecular weight is 434 g/mol. The molecule has 1 aliphatic heterocycles. The van der Waals surface area contributed by atoms with Crippen LogP contribution in [0.25, 0.3) is 11.4 Å². The van der Waals surface area contributed by atoms with Crippen molar-refractivity contribution < 1.29 is 14.3 Å². The van der Waals surface area contributed by atoms with Crippen molar-refractivity contribution in [3.05, 3.63) is 82.9 Å². The lowest BCUT2D eigenvalue weighted by atomic mass is 10.0. The van der Waals surface area contributed by atoms with E-state index < -0.39 is 5.97 Å². The van der Waals surface area contributed by atoms with Crippen LogP contribution in [0.15, 0.2) is 54.7 Å². The van der Waals surface area contributed by atoms with Crippen LogP contribution in [0.5, 0.6) is 0 Å². The van der Waals surface area contributed by atoms with Gasteiger partial charge >= 0.3 is 5.97 Å². The summed E-state index contributed by atoms with van der Waals surface area (Å²) < 4.78 is 14.9. The number of aliphatic carboxylic acids is 1. The summed E-state index contributed by atoms with van der Waals surface area (Å²) in [6.07, 6.45) is 4.36. The van der Waals surface area contributed by atoms with Crippen LogP contribution >= 0.6 is 0 Å². The third-order valence-electron chi connectivity index (χ3n) is 5.93. The number of nitrogens with zero attached hydrogens (tertiary/aromatic N) is 3. The molecular weight excluding hydrogens is 405 g/mol. The third kappa shape index (κ3) is 5.56. The summed E-state index contributed by atoms with van der Waals surface area (Å²) in [6.45, 7) is 4.19. The lowest BCUT2D eigenvalue weighted by Crippen LogP contribution is -2.35. The van der Waals surface area contributed by atoms with Gasteiger partial charge in [0.25, 0.3) is 0 Å². The Kier molecular flexibility index (Phi) is 6.90. The maximum absolute atomic E-state index is 14.9. The van der Waals surface area contributed by atoms with E-state index in [-0.39, 0.29) is 18.2 Å². The zero-order valence-electron chi connectivity index (χ0n) is 18.3. The topological polar surface area (TPSA) is 66.3 Å². The maximum Gasteiger partial charge on any atom is 0.303 e. The quantitative estimate of drug-likeness (QED) is 0.565. The second-order valence-electron chi connectivity index (χ2n) is 8.65. The second-order valence-corrected chi connectivity index (χ2v) is 8.65. The van der Waals surface area contributed by atoms with Crippen molar-refractivity contribution in [1.82, 2.24) is 14.9 Å². The number of aryl methyl sites for hydroxylation is 2. The standard InChI is InChI=1S/C26H28FN3O2/c1-18(13-25(31)32)16-30-12-11-24-21(17-30)15-28-26(29-24)22-10-9-20(14-23(22)27)8-7-19-5-3-2-4-6-19/h2-6,9-10,14-15,18H,7-8,11-13,16-17H2,1H3,(H,31,32). The van der Waals surface area contributed by atoms with Crippen molar-refractivity contribution in [1.29, 1.82) is 0 Å². The molecule has 1 atom stereocenters. The van der Waals surface area contributed by atoms with Gasteiger partial charge in [0.15, 0.2) is 5.82 Å². The molecule has 0 aliphatic carbocycles. The van der Waals surface area contributed by atoms with Gasteiger partial charge in [0.1, 0.15) is 5.82 Å². The van der Waals surface area contributed by atoms with Crippen LogP contribution < -0.4 is 0 Å². The summed E-state index contributed by atoms with van der Waals surface area (Å²) in [5.74, 6) is -0.557. The minimum Gasteiger partial charge on any atom is -0.481 e. The third-order valence-corrected chi connectivity index (χ3v) is 5.93. The van der Waals surface area contributed by atoms with Crippen molar-refractivity contribution in [2.45, 2.75) is 39.2 Å². The minimum atomic E-state index is -0.768. The fraction of sp³-hybridized carbons (Fsp3) is 0.346. The number of fused-ring (bicyclic) bond motifs is 1. The Balaban J connectivity index is 1.42. The molecule has 1 aromatic heterocycles. The summed E-state index contributed by atoms with van der Waals surface area (Å²) in [4.78, 5) is 22.2. The van der Waals surface area contributed by atoms with Crippen LogP contribution in [0.4, 0.5) is 4.39 Å². The van der Waals surface area contributed by atoms with E-state index in [4.69, 9.17) is 5.11 Å². The van der Waals surface area contributed by atoms with E-state index in [0.717, 1.165) is 49.2 Å². The molecule has 0 saturated carbocycles. The van der Waals surface area contributed by atoms with E-state index in [2.05, 4.69) is 27.0 Å². The molecule has 0 fully saturated rings. The van der Waals surface area contributed by atoms with Gasteiger partial charge in [-0.15, -0.1) is 0 Å². The fourth-order valence-electron chi connectivity index (χ4n) is 4.29. The first-order valence-electron chi connectivity index (χ1n) is 11.1. The molecule has 3 aromatic rings. The van der Waals surface area contributed by atoms with E-state index in [9.17, 15) is 9.18 Å². The van der Waals surface area contributed by atoms with Crippen LogP contribution in [0.3, 0.4) is 0 Å². The summed E-state index contributed by atoms with van der Waals surface area (Å²) in [6, 6.07) is 15.5. The van der Waals surface area contributed by atoms with Crippen molar-refractivity contribution in [2.75, 3.05) is 13.1 Å². The molecule has 2 aromatic carbocycles. The van der Waals surface area contributed by atoms with Gasteiger partial charge in [-0.05, 0) is 42.0 Å². The lowest BCUT2D eigenvalue weighted by molar-refractivity contribution is -0.138. The molecule has 1 unspecified atom stereocenters. The largest absolute Gasteiger partial charge is 0.481 e. The smallest absolute Gasteiger partial charge is 0.303 e. The van der Waals surface area contributed by atoms with E-state index in [1.165, 1.54) is 5.56 Å². The Bertz CT molecular complexity index is 1090. The van der Waals surface area contributed by atoms with Gasteiger partial charge in [0, 0.05) is 44.2 Å². The Morgan fingerprint density at radius 1 is 1.16 bits per heavy atom. The first-order chi connectivity index (χ1) is 15.5. The summed E-state index contributed by atoms with van der Waals surface area (Å²) in [5.41, 5.74) is 4.60. The van der Waals surface area contributed by atoms with Gasteiger partial charge in [-0.1, -0.05) is 43.3 Å². The summed E-state index contributed by atoms with van der Waals surface area (Å²) in [5, 5.41) is 8.96. The van der Waals surface area contributed by atoms with Crippen molar-refractivity contribution >= 4 is 5.97 Å². The number of carbonyl (C=O) groups is 1. The first-order valence-corrected chi connectivity index (χ1v) is 11.1. The summed E-state index contributed by atoms with van der Waals surface area (Å²) in [7, 11) is 0. The molecule has 0 bridgehead atoms. The molecule has 5 nitrogen and oxygen atoms in total. The molecule has 0 amide bonds. The molecular formula is C26H28FN3O2. The maximum atomic E-state index is 14.9. The van der Waals surface area contributed by atoms with E-state index in [1.54, 1.807) is 18.3 Å². The average Bonchev–Trinajstić information content (AvgIpc) is 2.77. The predicted octanol–water partition coefficient (Wildman–Crippen LogP) is 4.54. The normalized spacial score (nSPS) is 14.7. The predicted molar refractivity (Wildman–Crippen MR) is 122 cm³/mol. The Hall–Kier alpha value is -3.12. The molecule has 1 N–H and O–H groups in total. The second kappa shape index (κ2) is 10.0. The van der Waals surface area contributed by atoms with Gasteiger partial charge in [-0.2, -0.15) is 0 Å². The highest BCUT2D eigenvalue weighted by Gasteiger charge is 2.21. The molecule has 32 heavy (non-hydrogen) atoms. The highest BCUT2D eigenvalue weighted by atomic mass is 19.1. The van der Waals surface area contributed by atoms with Crippen LogP contribution in [0.1, 0.15) is 35.7 Å². The molecule has 166 valence electrons. The number of aromatic nitrogens is 2. The molecule has 6 heteroatoms. The Morgan fingerprint density at radius 3 is 2.69 bits per heavy atom. The molecule has 0 spiro atoms. The highest BCUT2D eigenvalue weighted by Crippen LogP contribution is 2.25. The van der Waals surface area contributed by atoms with Crippen LogP contribution in [-0.4, -0.2) is 39.0 Å². The van der Waals surface area contributed by atoms with Gasteiger partial charge in [0.2, 0.25) is 0 Å². The van der Waals surface area contributed by atoms with Gasteiger partial charge in [-0.3, -0.25) is 9.69 Å². The number of benzene rings is 2. The van der Waals surface area contributed by atoms with E-state index in [1.807, 2.05) is 31.2 Å². The lowest BCUT2D eigenvalue weighted by Gasteiger charge is -2.29. The highest BCUT2D eigenvalue weighted by molar-refractivity contribution is 5.67. The van der Waals surface area contributed by atoms with E-state index in [0.29, 0.717) is 17.9 Å². The Morgan fingerprint density at radius 2 is 1.94 bits per heavy atom. The number of halogens is 1. The zero-order chi connectivity index (χ0) is 22.5. The minimum absolute atomic E-state index is 0.0868. The first kappa shape index (κ1) is 22.1. The number of hydrogen-bond donors (Lipinski definition) is 1. The molecule has 0 radical (unpaired) electrons. The fourth-order valence-corrected chi connectivity index (χ4v) is 4.29. The monoisotopic (exact) mass is 433 g/mol. The van der Waals surface area contributed by atoms with E-state index >= 15 is 0 Å². The molecule has 2 heterocycles. The van der Waals surface area contributed by atoms with Gasteiger partial charge in [-0.25, -0.2) is 14.4 Å².